The average molecular weight is 346 g/mol. The summed E-state index contributed by atoms with van der Waals surface area (Å²) in [4.78, 5) is 11.8. The molecule has 0 saturated carbocycles. The second kappa shape index (κ2) is 6.98. The molecule has 1 saturated heterocycles. The Morgan fingerprint density at radius 2 is 2.18 bits per heavy atom. The highest BCUT2D eigenvalue weighted by atomic mass is 35.5. The topological polar surface area (TPSA) is 63.7 Å². The average Bonchev–Trinajstić information content (AvgIpc) is 2.47. The molecule has 0 radical (unpaired) electrons. The van der Waals surface area contributed by atoms with Gasteiger partial charge in [0.2, 0.25) is 10.0 Å². The van der Waals surface area contributed by atoms with Crippen LogP contribution in [0.4, 0.5) is 0 Å². The summed E-state index contributed by atoms with van der Waals surface area (Å²) in [6.45, 7) is 4.90. The van der Waals surface area contributed by atoms with Gasteiger partial charge in [0, 0.05) is 13.1 Å². The number of halogens is 1. The molecular weight excluding hydrogens is 326 g/mol. The van der Waals surface area contributed by atoms with Crippen molar-refractivity contribution >= 4 is 27.6 Å². The van der Waals surface area contributed by atoms with Gasteiger partial charge in [0.15, 0.2) is 0 Å². The third kappa shape index (κ3) is 3.62. The van der Waals surface area contributed by atoms with Crippen molar-refractivity contribution < 1.29 is 17.9 Å². The SMILES string of the molecule is CCOC(=O)c1ccc(Cl)c(S(=O)(=O)N2CCCC(C)C2)c1. The fourth-order valence-corrected chi connectivity index (χ4v) is 4.64. The lowest BCUT2D eigenvalue weighted by Gasteiger charge is -2.30. The predicted octanol–water partition coefficient (Wildman–Crippen LogP) is 2.94. The highest BCUT2D eigenvalue weighted by Gasteiger charge is 2.31. The Labute approximate surface area is 136 Å². The summed E-state index contributed by atoms with van der Waals surface area (Å²) < 4.78 is 31.9. The summed E-state index contributed by atoms with van der Waals surface area (Å²) in [6.07, 6.45) is 1.85. The molecule has 0 N–H and O–H groups in total. The minimum atomic E-state index is -3.70. The summed E-state index contributed by atoms with van der Waals surface area (Å²) in [6, 6.07) is 4.20. The fraction of sp³-hybridized carbons (Fsp3) is 0.533. The van der Waals surface area contributed by atoms with Crippen LogP contribution < -0.4 is 0 Å². The second-order valence-electron chi connectivity index (χ2n) is 5.48. The molecule has 1 atom stereocenters. The summed E-state index contributed by atoms with van der Waals surface area (Å²) in [7, 11) is -3.70. The van der Waals surface area contributed by atoms with Crippen LogP contribution in [0.3, 0.4) is 0 Å². The van der Waals surface area contributed by atoms with E-state index in [1.807, 2.05) is 6.92 Å². The van der Waals surface area contributed by atoms with Crippen molar-refractivity contribution in [3.8, 4) is 0 Å². The smallest absolute Gasteiger partial charge is 0.338 e. The van der Waals surface area contributed by atoms with Gasteiger partial charge in [-0.2, -0.15) is 4.31 Å². The molecule has 2 rings (SSSR count). The molecule has 0 aromatic heterocycles. The standard InChI is InChI=1S/C15H20ClNO4S/c1-3-21-15(18)12-6-7-13(16)14(9-12)22(19,20)17-8-4-5-11(2)10-17/h6-7,9,11H,3-5,8,10H2,1-2H3. The molecule has 0 aliphatic carbocycles. The Balaban J connectivity index is 2.37. The largest absolute Gasteiger partial charge is 0.462 e. The van der Waals surface area contributed by atoms with Crippen molar-refractivity contribution in [1.29, 1.82) is 0 Å². The molecule has 1 aromatic carbocycles. The van der Waals surface area contributed by atoms with Gasteiger partial charge in [0.05, 0.1) is 17.2 Å². The van der Waals surface area contributed by atoms with E-state index in [1.165, 1.54) is 22.5 Å². The van der Waals surface area contributed by atoms with Crippen LogP contribution >= 0.6 is 11.6 Å². The van der Waals surface area contributed by atoms with Gasteiger partial charge >= 0.3 is 5.97 Å². The maximum absolute atomic E-state index is 12.8. The molecule has 7 heteroatoms. The maximum Gasteiger partial charge on any atom is 0.338 e. The summed E-state index contributed by atoms with van der Waals surface area (Å²) in [5, 5.41) is 0.117. The number of carbonyl (C=O) groups excluding carboxylic acids is 1. The van der Waals surface area contributed by atoms with E-state index in [1.54, 1.807) is 6.92 Å². The van der Waals surface area contributed by atoms with Crippen LogP contribution in [0.25, 0.3) is 0 Å². The zero-order valence-corrected chi connectivity index (χ0v) is 14.3. The normalized spacial score (nSPS) is 19.9. The molecule has 1 aromatic rings. The molecule has 0 spiro atoms. The Morgan fingerprint density at radius 1 is 1.45 bits per heavy atom. The molecular formula is C15H20ClNO4S. The number of hydrogen-bond donors (Lipinski definition) is 0. The number of sulfonamides is 1. The number of carbonyl (C=O) groups is 1. The number of esters is 1. The first-order valence-electron chi connectivity index (χ1n) is 7.33. The van der Waals surface area contributed by atoms with Gasteiger partial charge in [-0.05, 0) is 43.9 Å². The zero-order chi connectivity index (χ0) is 16.3. The predicted molar refractivity (Wildman–Crippen MR) is 84.6 cm³/mol. The first-order chi connectivity index (χ1) is 10.4. The molecule has 0 amide bonds. The molecule has 1 aliphatic heterocycles. The van der Waals surface area contributed by atoms with Gasteiger partial charge in [-0.3, -0.25) is 0 Å². The third-order valence-electron chi connectivity index (χ3n) is 3.68. The minimum absolute atomic E-state index is 0.0335. The van der Waals surface area contributed by atoms with Crippen molar-refractivity contribution in [3.05, 3.63) is 28.8 Å². The Hall–Kier alpha value is -1.11. The van der Waals surface area contributed by atoms with Gasteiger partial charge in [-0.15, -0.1) is 0 Å². The monoisotopic (exact) mass is 345 g/mol. The number of nitrogens with zero attached hydrogens (tertiary/aromatic N) is 1. The summed E-state index contributed by atoms with van der Waals surface area (Å²) in [5.74, 6) is -0.238. The lowest BCUT2D eigenvalue weighted by Crippen LogP contribution is -2.39. The van der Waals surface area contributed by atoms with Crippen LogP contribution in [0.2, 0.25) is 5.02 Å². The number of ether oxygens (including phenoxy) is 1. The van der Waals surface area contributed by atoms with Gasteiger partial charge in [0.25, 0.3) is 0 Å². The summed E-state index contributed by atoms with van der Waals surface area (Å²) in [5.41, 5.74) is 0.190. The van der Waals surface area contributed by atoms with Gasteiger partial charge in [-0.1, -0.05) is 18.5 Å². The van der Waals surface area contributed by atoms with E-state index in [0.717, 1.165) is 12.8 Å². The van der Waals surface area contributed by atoms with E-state index >= 15 is 0 Å². The summed E-state index contributed by atoms with van der Waals surface area (Å²) >= 11 is 6.06. The Kier molecular flexibility index (Phi) is 5.47. The van der Waals surface area contributed by atoms with Gasteiger partial charge < -0.3 is 4.74 Å². The van der Waals surface area contributed by atoms with Gasteiger partial charge in [0.1, 0.15) is 4.90 Å². The van der Waals surface area contributed by atoms with Crippen LogP contribution in [0.15, 0.2) is 23.1 Å². The van der Waals surface area contributed by atoms with Gasteiger partial charge in [-0.25, -0.2) is 13.2 Å². The molecule has 1 heterocycles. The number of rotatable bonds is 4. The van der Waals surface area contributed by atoms with E-state index in [2.05, 4.69) is 0 Å². The van der Waals surface area contributed by atoms with Crippen molar-refractivity contribution in [2.45, 2.75) is 31.6 Å². The van der Waals surface area contributed by atoms with Crippen LogP contribution in [-0.2, 0) is 14.8 Å². The second-order valence-corrected chi connectivity index (χ2v) is 7.79. The number of hydrogen-bond acceptors (Lipinski definition) is 4. The quantitative estimate of drug-likeness (QED) is 0.787. The maximum atomic E-state index is 12.8. The highest BCUT2D eigenvalue weighted by molar-refractivity contribution is 7.89. The fourth-order valence-electron chi connectivity index (χ4n) is 2.55. The molecule has 0 bridgehead atoms. The minimum Gasteiger partial charge on any atom is -0.462 e. The number of piperidine rings is 1. The molecule has 122 valence electrons. The van der Waals surface area contributed by atoms with Crippen molar-refractivity contribution in [3.63, 3.8) is 0 Å². The van der Waals surface area contributed by atoms with E-state index < -0.39 is 16.0 Å². The number of benzene rings is 1. The highest BCUT2D eigenvalue weighted by Crippen LogP contribution is 2.29. The van der Waals surface area contributed by atoms with E-state index in [4.69, 9.17) is 16.3 Å². The zero-order valence-electron chi connectivity index (χ0n) is 12.7. The first-order valence-corrected chi connectivity index (χ1v) is 9.15. The Bertz CT molecular complexity index is 660. The first kappa shape index (κ1) is 17.2. The lowest BCUT2D eigenvalue weighted by molar-refractivity contribution is 0.0526. The van der Waals surface area contributed by atoms with Crippen LogP contribution in [0.5, 0.6) is 0 Å². The molecule has 5 nitrogen and oxygen atoms in total. The van der Waals surface area contributed by atoms with Crippen molar-refractivity contribution in [2.75, 3.05) is 19.7 Å². The van der Waals surface area contributed by atoms with E-state index in [9.17, 15) is 13.2 Å². The molecule has 1 unspecified atom stereocenters. The molecule has 1 fully saturated rings. The van der Waals surface area contributed by atoms with Crippen molar-refractivity contribution in [1.82, 2.24) is 4.31 Å². The lowest BCUT2D eigenvalue weighted by atomic mass is 10.0. The van der Waals surface area contributed by atoms with Crippen LogP contribution in [0, 0.1) is 5.92 Å². The third-order valence-corrected chi connectivity index (χ3v) is 6.03. The van der Waals surface area contributed by atoms with E-state index in [-0.39, 0.29) is 22.1 Å². The molecule has 1 aliphatic rings. The Morgan fingerprint density at radius 3 is 2.82 bits per heavy atom. The van der Waals surface area contributed by atoms with Crippen LogP contribution in [0.1, 0.15) is 37.0 Å². The molecule has 22 heavy (non-hydrogen) atoms. The van der Waals surface area contributed by atoms with Crippen molar-refractivity contribution in [2.24, 2.45) is 5.92 Å². The van der Waals surface area contributed by atoms with E-state index in [0.29, 0.717) is 19.0 Å². The van der Waals surface area contributed by atoms with Crippen LogP contribution in [-0.4, -0.2) is 38.4 Å².